The number of nitrogens with one attached hydrogen (secondary N) is 2. The minimum absolute atomic E-state index is 0.0933. The molecule has 2 amide bonds. The van der Waals surface area contributed by atoms with E-state index in [1.807, 2.05) is 30.4 Å². The molecule has 0 aliphatic heterocycles. The summed E-state index contributed by atoms with van der Waals surface area (Å²) in [5.41, 5.74) is 2.48. The van der Waals surface area contributed by atoms with Gasteiger partial charge in [0.1, 0.15) is 25.1 Å². The molecule has 0 bridgehead atoms. The first kappa shape index (κ1) is 33.8. The van der Waals surface area contributed by atoms with Crippen molar-refractivity contribution in [1.82, 2.24) is 10.6 Å². The van der Waals surface area contributed by atoms with E-state index in [0.717, 1.165) is 21.9 Å². The summed E-state index contributed by atoms with van der Waals surface area (Å²) >= 11 is 0. The van der Waals surface area contributed by atoms with Crippen LogP contribution in [0.2, 0.25) is 0 Å². The molecular formula is C32H38N2O10. The van der Waals surface area contributed by atoms with Gasteiger partial charge in [0.2, 0.25) is 0 Å². The van der Waals surface area contributed by atoms with E-state index in [0.29, 0.717) is 23.3 Å². The van der Waals surface area contributed by atoms with Crippen LogP contribution in [0.15, 0.2) is 66.8 Å². The molecule has 3 rings (SSSR count). The second-order valence-corrected chi connectivity index (χ2v) is 9.82. The van der Waals surface area contributed by atoms with E-state index in [9.17, 15) is 19.2 Å². The molecule has 2 N–H and O–H groups in total. The fourth-order valence-electron chi connectivity index (χ4n) is 3.96. The van der Waals surface area contributed by atoms with E-state index in [-0.39, 0.29) is 52.7 Å². The van der Waals surface area contributed by atoms with Crippen molar-refractivity contribution < 1.29 is 47.6 Å². The smallest absolute Gasteiger partial charge is 0.412 e. The molecule has 1 unspecified atom stereocenters. The van der Waals surface area contributed by atoms with Crippen LogP contribution in [0, 0.1) is 0 Å². The standard InChI is InChI=1S/C32H38N2O10/c1-21(2)29(35)41-16-14-39-12-10-33-31(37)43-26-9-8-23-18-24-6-5-7-28(27(24)20-25(23)19-26)44-32(38)34-11-13-40-15-17-42-30(36)22(3)4/h5,7-9,18-20,28H,1,3,6,10-17H2,2,4H3,(H,33,37)(H,34,38). The number of allylic oxidation sites excluding steroid dienone is 1. The predicted octanol–water partition coefficient (Wildman–Crippen LogP) is 4.08. The van der Waals surface area contributed by atoms with Crippen molar-refractivity contribution in [1.29, 1.82) is 0 Å². The molecule has 12 heteroatoms. The number of amides is 2. The second kappa shape index (κ2) is 17.4. The number of carbonyl (C=O) groups excluding carboxylic acids is 4. The highest BCUT2D eigenvalue weighted by Gasteiger charge is 2.21. The molecule has 1 aliphatic carbocycles. The number of fused-ring (bicyclic) bond motifs is 2. The third-order valence-electron chi connectivity index (χ3n) is 6.12. The monoisotopic (exact) mass is 610 g/mol. The molecule has 0 fully saturated rings. The Morgan fingerprint density at radius 1 is 0.773 bits per heavy atom. The molecule has 0 saturated carbocycles. The number of hydrogen-bond acceptors (Lipinski definition) is 10. The fraction of sp³-hybridized carbons (Fsp3) is 0.375. The van der Waals surface area contributed by atoms with E-state index in [4.69, 9.17) is 28.4 Å². The van der Waals surface area contributed by atoms with Gasteiger partial charge in [-0.2, -0.15) is 0 Å². The molecule has 0 radical (unpaired) electrons. The van der Waals surface area contributed by atoms with Crippen molar-refractivity contribution in [3.63, 3.8) is 0 Å². The van der Waals surface area contributed by atoms with Gasteiger partial charge in [-0.05, 0) is 60.9 Å². The maximum atomic E-state index is 12.4. The summed E-state index contributed by atoms with van der Waals surface area (Å²) in [5.74, 6) is -0.611. The maximum Gasteiger partial charge on any atom is 0.412 e. The van der Waals surface area contributed by atoms with E-state index < -0.39 is 30.2 Å². The highest BCUT2D eigenvalue weighted by Crippen LogP contribution is 2.33. The zero-order chi connectivity index (χ0) is 31.9. The van der Waals surface area contributed by atoms with Crippen LogP contribution < -0.4 is 15.4 Å². The van der Waals surface area contributed by atoms with Gasteiger partial charge in [0.15, 0.2) is 0 Å². The first-order valence-corrected chi connectivity index (χ1v) is 14.1. The summed E-state index contributed by atoms with van der Waals surface area (Å²) in [7, 11) is 0. The summed E-state index contributed by atoms with van der Waals surface area (Å²) in [5, 5.41) is 7.01. The third-order valence-corrected chi connectivity index (χ3v) is 6.12. The van der Waals surface area contributed by atoms with Gasteiger partial charge in [-0.1, -0.05) is 31.4 Å². The summed E-state index contributed by atoms with van der Waals surface area (Å²) in [6, 6.07) is 9.23. The van der Waals surface area contributed by atoms with Crippen molar-refractivity contribution in [2.24, 2.45) is 0 Å². The van der Waals surface area contributed by atoms with Gasteiger partial charge in [0.05, 0.1) is 26.4 Å². The Kier molecular flexibility index (Phi) is 13.4. The largest absolute Gasteiger partial charge is 0.460 e. The van der Waals surface area contributed by atoms with Crippen LogP contribution in [-0.4, -0.2) is 76.9 Å². The zero-order valence-electron chi connectivity index (χ0n) is 25.0. The third kappa shape index (κ3) is 11.2. The first-order valence-electron chi connectivity index (χ1n) is 14.1. The molecule has 44 heavy (non-hydrogen) atoms. The van der Waals surface area contributed by atoms with E-state index in [1.165, 1.54) is 0 Å². The minimum Gasteiger partial charge on any atom is -0.460 e. The second-order valence-electron chi connectivity index (χ2n) is 9.82. The molecule has 0 aromatic heterocycles. The molecule has 2 aromatic carbocycles. The van der Waals surface area contributed by atoms with Gasteiger partial charge >= 0.3 is 24.1 Å². The van der Waals surface area contributed by atoms with Crippen LogP contribution in [-0.2, 0) is 39.7 Å². The van der Waals surface area contributed by atoms with Gasteiger partial charge in [-0.15, -0.1) is 0 Å². The topological polar surface area (TPSA) is 148 Å². The quantitative estimate of drug-likeness (QED) is 0.0937. The van der Waals surface area contributed by atoms with E-state index >= 15 is 0 Å². The Balaban J connectivity index is 1.43. The number of benzene rings is 2. The SMILES string of the molecule is C=C(C)C(=O)OCCOCCNC(=O)Oc1ccc2cc3c(cc2c1)C(OC(=O)NCCOCCOC(=O)C(=C)C)C=CC3. The lowest BCUT2D eigenvalue weighted by Gasteiger charge is -2.22. The van der Waals surface area contributed by atoms with Crippen LogP contribution >= 0.6 is 0 Å². The van der Waals surface area contributed by atoms with Crippen LogP contribution in [0.25, 0.3) is 10.8 Å². The van der Waals surface area contributed by atoms with Gasteiger partial charge in [0, 0.05) is 29.8 Å². The molecule has 12 nitrogen and oxygen atoms in total. The maximum absolute atomic E-state index is 12.4. The molecule has 2 aromatic rings. The Morgan fingerprint density at radius 2 is 1.39 bits per heavy atom. The predicted molar refractivity (Wildman–Crippen MR) is 161 cm³/mol. The average molecular weight is 611 g/mol. The fourth-order valence-corrected chi connectivity index (χ4v) is 3.96. The van der Waals surface area contributed by atoms with Crippen LogP contribution in [0.1, 0.15) is 31.1 Å². The Labute approximate surface area is 255 Å². The molecule has 0 spiro atoms. The Bertz CT molecular complexity index is 1400. The number of esters is 2. The lowest BCUT2D eigenvalue weighted by Crippen LogP contribution is -2.30. The van der Waals surface area contributed by atoms with Crippen molar-refractivity contribution in [3.8, 4) is 5.75 Å². The summed E-state index contributed by atoms with van der Waals surface area (Å²) in [6.45, 7) is 11.6. The lowest BCUT2D eigenvalue weighted by molar-refractivity contribution is -0.141. The van der Waals surface area contributed by atoms with Gasteiger partial charge < -0.3 is 39.1 Å². The number of carbonyl (C=O) groups is 4. The minimum atomic E-state index is -0.641. The van der Waals surface area contributed by atoms with Crippen molar-refractivity contribution >= 4 is 34.9 Å². The summed E-state index contributed by atoms with van der Waals surface area (Å²) < 4.78 is 31.6. The lowest BCUT2D eigenvalue weighted by atomic mass is 9.91. The van der Waals surface area contributed by atoms with Gasteiger partial charge in [-0.25, -0.2) is 19.2 Å². The van der Waals surface area contributed by atoms with Crippen molar-refractivity contribution in [2.45, 2.75) is 26.4 Å². The Hall–Kier alpha value is -4.68. The normalized spacial score (nSPS) is 13.4. The zero-order valence-corrected chi connectivity index (χ0v) is 25.0. The molecule has 0 saturated heterocycles. The van der Waals surface area contributed by atoms with E-state index in [1.54, 1.807) is 26.0 Å². The van der Waals surface area contributed by atoms with Crippen LogP contribution in [0.4, 0.5) is 9.59 Å². The van der Waals surface area contributed by atoms with Crippen molar-refractivity contribution in [2.75, 3.05) is 52.7 Å². The number of rotatable bonds is 16. The number of hydrogen-bond donors (Lipinski definition) is 2. The molecule has 1 atom stereocenters. The molecular weight excluding hydrogens is 572 g/mol. The number of alkyl carbamates (subject to hydrolysis) is 1. The highest BCUT2D eigenvalue weighted by molar-refractivity contribution is 5.88. The van der Waals surface area contributed by atoms with Gasteiger partial charge in [-0.3, -0.25) is 0 Å². The van der Waals surface area contributed by atoms with Gasteiger partial charge in [0.25, 0.3) is 0 Å². The van der Waals surface area contributed by atoms with Crippen LogP contribution in [0.3, 0.4) is 0 Å². The average Bonchev–Trinajstić information content (AvgIpc) is 2.99. The first-order chi connectivity index (χ1) is 21.1. The highest BCUT2D eigenvalue weighted by atomic mass is 16.6. The van der Waals surface area contributed by atoms with E-state index in [2.05, 4.69) is 23.8 Å². The molecule has 1 aliphatic rings. The Morgan fingerprint density at radius 3 is 2.00 bits per heavy atom. The van der Waals surface area contributed by atoms with Crippen LogP contribution in [0.5, 0.6) is 5.75 Å². The molecule has 0 heterocycles. The summed E-state index contributed by atoms with van der Waals surface area (Å²) in [6.07, 6.45) is 2.62. The number of ether oxygens (including phenoxy) is 6. The van der Waals surface area contributed by atoms with Crippen molar-refractivity contribution in [3.05, 3.63) is 77.9 Å². The molecule has 236 valence electrons. The summed E-state index contributed by atoms with van der Waals surface area (Å²) in [4.78, 5) is 47.3.